The first-order chi connectivity index (χ1) is 13.6. The summed E-state index contributed by atoms with van der Waals surface area (Å²) >= 11 is 3.16. The number of nitrogens with zero attached hydrogens (tertiary/aromatic N) is 1. The van der Waals surface area contributed by atoms with Gasteiger partial charge in [0.2, 0.25) is 0 Å². The molecule has 2 heterocycles. The first-order valence-electron chi connectivity index (χ1n) is 8.63. The van der Waals surface area contributed by atoms with Gasteiger partial charge in [0.15, 0.2) is 0 Å². The average Bonchev–Trinajstić information content (AvgIpc) is 3.38. The fraction of sp³-hybridized carbons (Fsp3) is 0.389. The van der Waals surface area contributed by atoms with Crippen LogP contribution in [0, 0.1) is 0 Å². The molecule has 3 amide bonds. The molecule has 0 atom stereocenters. The first-order valence-corrected chi connectivity index (χ1v) is 10.4. The average molecular weight is 426 g/mol. The number of ether oxygens (including phenoxy) is 2. The van der Waals surface area contributed by atoms with Crippen LogP contribution < -0.4 is 10.6 Å². The molecule has 2 N–H and O–H groups in total. The van der Waals surface area contributed by atoms with E-state index in [1.165, 1.54) is 7.11 Å². The summed E-state index contributed by atoms with van der Waals surface area (Å²) in [6.07, 6.45) is -0.339. The number of amides is 3. The molecule has 0 aliphatic carbocycles. The topological polar surface area (TPSA) is 97.0 Å². The zero-order chi connectivity index (χ0) is 20.2. The number of hydrogen-bond acceptors (Lipinski definition) is 7. The number of urea groups is 1. The first kappa shape index (κ1) is 21.7. The number of hydrogen-bond donors (Lipinski definition) is 2. The minimum absolute atomic E-state index is 0.0502. The number of nitrogens with one attached hydrogen (secondary N) is 2. The van der Waals surface area contributed by atoms with Gasteiger partial charge in [-0.2, -0.15) is 0 Å². The molecule has 8 nitrogen and oxygen atoms in total. The van der Waals surface area contributed by atoms with Crippen molar-refractivity contribution in [2.75, 3.05) is 26.8 Å². The van der Waals surface area contributed by atoms with Crippen LogP contribution in [0.25, 0.3) is 0 Å². The lowest BCUT2D eigenvalue weighted by Gasteiger charge is -2.21. The Morgan fingerprint density at radius 2 is 1.61 bits per heavy atom. The van der Waals surface area contributed by atoms with Crippen molar-refractivity contribution < 1.29 is 23.9 Å². The Morgan fingerprint density at radius 1 is 1.00 bits per heavy atom. The molecule has 2 rings (SSSR count). The standard InChI is InChI=1S/C18H23N3O5S2/c1-25-16(22)6-7-19-17(23)20-8-9-26-18(24)21(12-14-4-2-10-27-14)13-15-5-3-11-28-15/h2-5,10-11H,6-9,12-13H2,1H3,(H2,19,20,23). The van der Waals surface area contributed by atoms with Gasteiger partial charge in [0.25, 0.3) is 0 Å². The molecule has 0 radical (unpaired) electrons. The van der Waals surface area contributed by atoms with Gasteiger partial charge in [0.05, 0.1) is 33.2 Å². The predicted molar refractivity (Wildman–Crippen MR) is 107 cm³/mol. The van der Waals surface area contributed by atoms with E-state index in [4.69, 9.17) is 4.74 Å². The Kier molecular flexibility index (Phi) is 9.29. The molecule has 0 aromatic carbocycles. The van der Waals surface area contributed by atoms with Crippen molar-refractivity contribution in [3.63, 3.8) is 0 Å². The molecule has 0 unspecified atom stereocenters. The summed E-state index contributed by atoms with van der Waals surface area (Å²) in [5.74, 6) is -0.397. The lowest BCUT2D eigenvalue weighted by Crippen LogP contribution is -2.39. The molecule has 0 aliphatic heterocycles. The van der Waals surface area contributed by atoms with Crippen molar-refractivity contribution >= 4 is 40.8 Å². The van der Waals surface area contributed by atoms with Crippen LogP contribution >= 0.6 is 22.7 Å². The van der Waals surface area contributed by atoms with E-state index in [1.54, 1.807) is 27.6 Å². The molecule has 0 spiro atoms. The summed E-state index contributed by atoms with van der Waals surface area (Å²) in [6, 6.07) is 7.39. The van der Waals surface area contributed by atoms with Crippen LogP contribution in [-0.4, -0.2) is 49.8 Å². The Hall–Kier alpha value is -2.59. The van der Waals surface area contributed by atoms with Gasteiger partial charge in [-0.05, 0) is 22.9 Å². The fourth-order valence-corrected chi connectivity index (χ4v) is 3.64. The van der Waals surface area contributed by atoms with Crippen LogP contribution in [0.5, 0.6) is 0 Å². The maximum Gasteiger partial charge on any atom is 0.410 e. The quantitative estimate of drug-likeness (QED) is 0.451. The molecular weight excluding hydrogens is 402 g/mol. The zero-order valence-electron chi connectivity index (χ0n) is 15.5. The molecule has 0 bridgehead atoms. The van der Waals surface area contributed by atoms with Gasteiger partial charge in [0.1, 0.15) is 6.61 Å². The maximum atomic E-state index is 12.5. The minimum Gasteiger partial charge on any atom is -0.469 e. The van der Waals surface area contributed by atoms with Crippen LogP contribution in [0.4, 0.5) is 9.59 Å². The second kappa shape index (κ2) is 12.0. The van der Waals surface area contributed by atoms with E-state index >= 15 is 0 Å². The van der Waals surface area contributed by atoms with E-state index in [1.807, 2.05) is 35.0 Å². The zero-order valence-corrected chi connectivity index (χ0v) is 17.1. The molecule has 0 saturated heterocycles. The molecule has 152 valence electrons. The highest BCUT2D eigenvalue weighted by molar-refractivity contribution is 7.10. The van der Waals surface area contributed by atoms with Gasteiger partial charge in [-0.1, -0.05) is 12.1 Å². The molecule has 0 fully saturated rings. The molecule has 0 aliphatic rings. The third-order valence-corrected chi connectivity index (χ3v) is 5.29. The van der Waals surface area contributed by atoms with Gasteiger partial charge < -0.3 is 20.1 Å². The van der Waals surface area contributed by atoms with Crippen molar-refractivity contribution in [2.24, 2.45) is 0 Å². The van der Waals surface area contributed by atoms with E-state index in [2.05, 4.69) is 15.4 Å². The SMILES string of the molecule is COC(=O)CCNC(=O)NCCOC(=O)N(Cc1cccs1)Cc1cccs1. The number of carbonyl (C=O) groups excluding carboxylic acids is 3. The van der Waals surface area contributed by atoms with Crippen LogP contribution in [0.1, 0.15) is 16.2 Å². The summed E-state index contributed by atoms with van der Waals surface area (Å²) in [7, 11) is 1.29. The van der Waals surface area contributed by atoms with Crippen LogP contribution in [0.2, 0.25) is 0 Å². The van der Waals surface area contributed by atoms with Gasteiger partial charge in [-0.25, -0.2) is 9.59 Å². The van der Waals surface area contributed by atoms with Crippen LogP contribution in [0.15, 0.2) is 35.0 Å². The predicted octanol–water partition coefficient (Wildman–Crippen LogP) is 2.81. The van der Waals surface area contributed by atoms with Crippen molar-refractivity contribution in [2.45, 2.75) is 19.5 Å². The van der Waals surface area contributed by atoms with E-state index < -0.39 is 18.1 Å². The molecule has 0 saturated carbocycles. The summed E-state index contributed by atoms with van der Waals surface area (Å²) in [4.78, 5) is 38.8. The number of methoxy groups -OCH3 is 1. The summed E-state index contributed by atoms with van der Waals surface area (Å²) in [6.45, 7) is 1.33. The fourth-order valence-electron chi connectivity index (χ4n) is 2.20. The molecule has 2 aromatic rings. The third kappa shape index (κ3) is 7.97. The smallest absolute Gasteiger partial charge is 0.410 e. The monoisotopic (exact) mass is 425 g/mol. The maximum absolute atomic E-state index is 12.5. The normalized spacial score (nSPS) is 10.2. The second-order valence-electron chi connectivity index (χ2n) is 5.64. The number of thiophene rings is 2. The van der Waals surface area contributed by atoms with E-state index in [0.29, 0.717) is 13.1 Å². The van der Waals surface area contributed by atoms with Gasteiger partial charge in [-0.15, -0.1) is 22.7 Å². The van der Waals surface area contributed by atoms with Gasteiger partial charge in [0, 0.05) is 16.3 Å². The van der Waals surface area contributed by atoms with E-state index in [0.717, 1.165) is 9.75 Å². The highest BCUT2D eigenvalue weighted by Gasteiger charge is 2.17. The number of rotatable bonds is 10. The Labute approximate surface area is 171 Å². The van der Waals surface area contributed by atoms with E-state index in [-0.39, 0.29) is 26.1 Å². The van der Waals surface area contributed by atoms with Gasteiger partial charge >= 0.3 is 18.1 Å². The van der Waals surface area contributed by atoms with Crippen LogP contribution in [-0.2, 0) is 27.4 Å². The molecule has 10 heteroatoms. The highest BCUT2D eigenvalue weighted by Crippen LogP contribution is 2.17. The van der Waals surface area contributed by atoms with Crippen molar-refractivity contribution in [1.29, 1.82) is 0 Å². The Morgan fingerprint density at radius 3 is 2.14 bits per heavy atom. The van der Waals surface area contributed by atoms with Crippen molar-refractivity contribution in [1.82, 2.24) is 15.5 Å². The lowest BCUT2D eigenvalue weighted by molar-refractivity contribution is -0.140. The second-order valence-corrected chi connectivity index (χ2v) is 7.70. The molecule has 28 heavy (non-hydrogen) atoms. The molecule has 2 aromatic heterocycles. The number of carbonyl (C=O) groups is 3. The minimum atomic E-state index is -0.436. The van der Waals surface area contributed by atoms with Crippen LogP contribution in [0.3, 0.4) is 0 Å². The Bertz CT molecular complexity index is 698. The van der Waals surface area contributed by atoms with Crippen molar-refractivity contribution in [3.8, 4) is 0 Å². The number of esters is 1. The summed E-state index contributed by atoms with van der Waals surface area (Å²) in [5.41, 5.74) is 0. The molecular formula is C18H23N3O5S2. The van der Waals surface area contributed by atoms with Gasteiger partial charge in [-0.3, -0.25) is 9.69 Å². The van der Waals surface area contributed by atoms with E-state index in [9.17, 15) is 14.4 Å². The highest BCUT2D eigenvalue weighted by atomic mass is 32.1. The Balaban J connectivity index is 1.71. The third-order valence-electron chi connectivity index (χ3n) is 3.57. The largest absolute Gasteiger partial charge is 0.469 e. The van der Waals surface area contributed by atoms with Crippen molar-refractivity contribution in [3.05, 3.63) is 44.8 Å². The lowest BCUT2D eigenvalue weighted by atomic mass is 10.4. The summed E-state index contributed by atoms with van der Waals surface area (Å²) < 4.78 is 9.77. The summed E-state index contributed by atoms with van der Waals surface area (Å²) in [5, 5.41) is 9.02.